The number of carbonyl (C=O) groups is 2. The van der Waals surface area contributed by atoms with Crippen LogP contribution in [-0.2, 0) is 4.79 Å². The lowest BCUT2D eigenvalue weighted by atomic mass is 10.3. The van der Waals surface area contributed by atoms with Crippen LogP contribution in [0.2, 0.25) is 0 Å². The zero-order valence-corrected chi connectivity index (χ0v) is 9.38. The molecule has 7 nitrogen and oxygen atoms in total. The van der Waals surface area contributed by atoms with Gasteiger partial charge < -0.3 is 21.5 Å². The van der Waals surface area contributed by atoms with Crippen molar-refractivity contribution in [3.63, 3.8) is 0 Å². The number of likely N-dealkylation sites (N-methyl/N-ethyl adjacent to an activating group) is 1. The Morgan fingerprint density at radius 1 is 1.47 bits per heavy atom. The van der Waals surface area contributed by atoms with Crippen molar-refractivity contribution in [2.75, 3.05) is 23.7 Å². The predicted octanol–water partition coefficient (Wildman–Crippen LogP) is -0.326. The maximum atomic E-state index is 10.9. The van der Waals surface area contributed by atoms with E-state index in [2.05, 4.69) is 4.98 Å². The molecule has 0 aromatic carbocycles. The summed E-state index contributed by atoms with van der Waals surface area (Å²) in [7, 11) is 0. The summed E-state index contributed by atoms with van der Waals surface area (Å²) < 4.78 is 0. The van der Waals surface area contributed by atoms with E-state index in [9.17, 15) is 9.59 Å². The second kappa shape index (κ2) is 5.15. The Morgan fingerprint density at radius 3 is 2.59 bits per heavy atom. The number of amides is 1. The molecule has 0 atom stereocenters. The van der Waals surface area contributed by atoms with Crippen LogP contribution in [0.15, 0.2) is 12.1 Å². The van der Waals surface area contributed by atoms with E-state index in [-0.39, 0.29) is 18.1 Å². The Bertz CT molecular complexity index is 447. The third-order valence-electron chi connectivity index (χ3n) is 2.15. The molecule has 1 heterocycles. The number of aromatic carboxylic acids is 1. The smallest absolute Gasteiger partial charge is 0.354 e. The van der Waals surface area contributed by atoms with Gasteiger partial charge in [-0.25, -0.2) is 9.78 Å². The molecule has 0 radical (unpaired) electrons. The minimum atomic E-state index is -1.15. The Morgan fingerprint density at radius 2 is 2.12 bits per heavy atom. The predicted molar refractivity (Wildman–Crippen MR) is 62.7 cm³/mol. The third kappa shape index (κ3) is 3.07. The number of anilines is 2. The molecule has 17 heavy (non-hydrogen) atoms. The summed E-state index contributed by atoms with van der Waals surface area (Å²) in [5.74, 6) is -1.43. The maximum Gasteiger partial charge on any atom is 0.354 e. The highest BCUT2D eigenvalue weighted by Crippen LogP contribution is 2.20. The van der Waals surface area contributed by atoms with Crippen molar-refractivity contribution in [3.05, 3.63) is 17.8 Å². The van der Waals surface area contributed by atoms with Gasteiger partial charge in [0.1, 0.15) is 0 Å². The van der Waals surface area contributed by atoms with E-state index in [1.165, 1.54) is 17.0 Å². The summed E-state index contributed by atoms with van der Waals surface area (Å²) in [6, 6.07) is 2.74. The normalized spacial score (nSPS) is 9.94. The van der Waals surface area contributed by atoms with Crippen LogP contribution in [0.4, 0.5) is 11.5 Å². The van der Waals surface area contributed by atoms with E-state index in [4.69, 9.17) is 16.6 Å². The van der Waals surface area contributed by atoms with Crippen LogP contribution in [-0.4, -0.2) is 35.1 Å². The number of pyridine rings is 1. The van der Waals surface area contributed by atoms with Crippen molar-refractivity contribution < 1.29 is 14.7 Å². The van der Waals surface area contributed by atoms with E-state index in [0.717, 1.165) is 0 Å². The average Bonchev–Trinajstić information content (AvgIpc) is 2.26. The number of carboxylic acids is 1. The summed E-state index contributed by atoms with van der Waals surface area (Å²) in [5.41, 5.74) is 11.0. The van der Waals surface area contributed by atoms with Crippen LogP contribution < -0.4 is 16.4 Å². The first-order valence-electron chi connectivity index (χ1n) is 4.98. The lowest BCUT2D eigenvalue weighted by Crippen LogP contribution is -2.34. The fraction of sp³-hybridized carbons (Fsp3) is 0.300. The Hall–Kier alpha value is -2.31. The number of nitrogens with two attached hydrogens (primary N) is 2. The Labute approximate surface area is 98.0 Å². The summed E-state index contributed by atoms with van der Waals surface area (Å²) in [4.78, 5) is 27.1. The van der Waals surface area contributed by atoms with Gasteiger partial charge in [0.15, 0.2) is 11.5 Å². The number of hydrogen-bond donors (Lipinski definition) is 3. The number of rotatable bonds is 5. The second-order valence-electron chi connectivity index (χ2n) is 3.39. The molecule has 92 valence electrons. The van der Waals surface area contributed by atoms with Crippen LogP contribution in [0.3, 0.4) is 0 Å². The summed E-state index contributed by atoms with van der Waals surface area (Å²) in [6.45, 7) is 2.18. The van der Waals surface area contributed by atoms with Crippen LogP contribution in [0.1, 0.15) is 17.4 Å². The second-order valence-corrected chi connectivity index (χ2v) is 3.39. The molecule has 0 saturated heterocycles. The molecule has 0 spiro atoms. The molecule has 0 bridgehead atoms. The highest BCUT2D eigenvalue weighted by atomic mass is 16.4. The number of carboxylic acid groups (broad SMARTS) is 1. The third-order valence-corrected chi connectivity index (χ3v) is 2.15. The van der Waals surface area contributed by atoms with Crippen LogP contribution in [0.25, 0.3) is 0 Å². The first kappa shape index (κ1) is 12.8. The Kier molecular flexibility index (Phi) is 3.86. The molecule has 0 unspecified atom stereocenters. The summed E-state index contributed by atoms with van der Waals surface area (Å²) >= 11 is 0. The maximum absolute atomic E-state index is 10.9. The van der Waals surface area contributed by atoms with Gasteiger partial charge in [-0.1, -0.05) is 0 Å². The van der Waals surface area contributed by atoms with Gasteiger partial charge in [-0.2, -0.15) is 0 Å². The number of aromatic nitrogens is 1. The molecule has 7 heteroatoms. The lowest BCUT2D eigenvalue weighted by molar-refractivity contribution is -0.116. The molecule has 1 rings (SSSR count). The van der Waals surface area contributed by atoms with E-state index in [1.54, 1.807) is 6.92 Å². The largest absolute Gasteiger partial charge is 0.477 e. The Balaban J connectivity index is 3.12. The molecule has 5 N–H and O–H groups in total. The number of nitrogens with zero attached hydrogens (tertiary/aromatic N) is 2. The standard InChI is InChI=1S/C10H14N4O3/c1-2-14(5-8(12)15)9-6(11)3-4-7(13-9)10(16)17/h3-4H,2,5,11H2,1H3,(H2,12,15)(H,16,17). The van der Waals surface area contributed by atoms with Crippen LogP contribution in [0.5, 0.6) is 0 Å². The molecular formula is C10H14N4O3. The minimum Gasteiger partial charge on any atom is -0.477 e. The average molecular weight is 238 g/mol. The molecule has 1 aromatic heterocycles. The monoisotopic (exact) mass is 238 g/mol. The zero-order chi connectivity index (χ0) is 13.0. The molecule has 1 amide bonds. The van der Waals surface area contributed by atoms with Crippen molar-refractivity contribution in [1.82, 2.24) is 4.98 Å². The fourth-order valence-electron chi connectivity index (χ4n) is 1.36. The van der Waals surface area contributed by atoms with Crippen molar-refractivity contribution in [3.8, 4) is 0 Å². The topological polar surface area (TPSA) is 123 Å². The number of nitrogen functional groups attached to an aromatic ring is 1. The van der Waals surface area contributed by atoms with Gasteiger partial charge in [-0.3, -0.25) is 4.79 Å². The van der Waals surface area contributed by atoms with Crippen molar-refractivity contribution in [2.45, 2.75) is 6.92 Å². The minimum absolute atomic E-state index is 0.0588. The molecule has 0 fully saturated rings. The quantitative estimate of drug-likeness (QED) is 0.645. The first-order chi connectivity index (χ1) is 7.95. The van der Waals surface area contributed by atoms with Crippen molar-refractivity contribution >= 4 is 23.4 Å². The van der Waals surface area contributed by atoms with Gasteiger partial charge in [0, 0.05) is 6.54 Å². The molecule has 1 aromatic rings. The van der Waals surface area contributed by atoms with Gasteiger partial charge in [0.25, 0.3) is 0 Å². The molecule has 0 aliphatic carbocycles. The number of carbonyl (C=O) groups excluding carboxylic acids is 1. The van der Waals surface area contributed by atoms with E-state index in [1.807, 2.05) is 0 Å². The van der Waals surface area contributed by atoms with E-state index < -0.39 is 11.9 Å². The van der Waals surface area contributed by atoms with E-state index >= 15 is 0 Å². The van der Waals surface area contributed by atoms with Crippen LogP contribution >= 0.6 is 0 Å². The highest BCUT2D eigenvalue weighted by Gasteiger charge is 2.15. The summed E-state index contributed by atoms with van der Waals surface area (Å²) in [5, 5.41) is 8.82. The number of hydrogen-bond acceptors (Lipinski definition) is 5. The molecule has 0 aliphatic rings. The lowest BCUT2D eigenvalue weighted by Gasteiger charge is -2.21. The van der Waals surface area contributed by atoms with Gasteiger partial charge in [-0.05, 0) is 19.1 Å². The molecular weight excluding hydrogens is 224 g/mol. The van der Waals surface area contributed by atoms with Crippen LogP contribution in [0, 0.1) is 0 Å². The van der Waals surface area contributed by atoms with Gasteiger partial charge in [-0.15, -0.1) is 0 Å². The first-order valence-corrected chi connectivity index (χ1v) is 4.98. The van der Waals surface area contributed by atoms with Gasteiger partial charge in [0.2, 0.25) is 5.91 Å². The zero-order valence-electron chi connectivity index (χ0n) is 9.38. The molecule has 0 saturated carbocycles. The highest BCUT2D eigenvalue weighted by molar-refractivity contribution is 5.87. The SMILES string of the molecule is CCN(CC(N)=O)c1nc(C(=O)O)ccc1N. The summed E-state index contributed by atoms with van der Waals surface area (Å²) in [6.07, 6.45) is 0. The van der Waals surface area contributed by atoms with Gasteiger partial charge in [0.05, 0.1) is 12.2 Å². The molecule has 0 aliphatic heterocycles. The van der Waals surface area contributed by atoms with Crippen molar-refractivity contribution in [2.24, 2.45) is 5.73 Å². The fourth-order valence-corrected chi connectivity index (χ4v) is 1.36. The number of primary amides is 1. The van der Waals surface area contributed by atoms with E-state index in [0.29, 0.717) is 12.2 Å². The van der Waals surface area contributed by atoms with Gasteiger partial charge >= 0.3 is 5.97 Å². The van der Waals surface area contributed by atoms with Crippen molar-refractivity contribution in [1.29, 1.82) is 0 Å².